The number of aromatic nitrogens is 2. The number of nitrogens with zero attached hydrogens (tertiary/aromatic N) is 4. The minimum absolute atomic E-state index is 0.0329. The largest absolute Gasteiger partial charge is 0.316 e. The zero-order valence-corrected chi connectivity index (χ0v) is 19.3. The molecule has 0 aliphatic heterocycles. The van der Waals surface area contributed by atoms with E-state index in [2.05, 4.69) is 10.2 Å². The van der Waals surface area contributed by atoms with Crippen molar-refractivity contribution in [1.29, 1.82) is 0 Å². The molecule has 10 nitrogen and oxygen atoms in total. The summed E-state index contributed by atoms with van der Waals surface area (Å²) in [7, 11) is -7.52. The molecule has 2 aromatic heterocycles. The van der Waals surface area contributed by atoms with Gasteiger partial charge in [-0.1, -0.05) is 0 Å². The van der Waals surface area contributed by atoms with Gasteiger partial charge in [0.05, 0.1) is 33.6 Å². The fourth-order valence-electron chi connectivity index (χ4n) is 3.25. The van der Waals surface area contributed by atoms with Crippen LogP contribution in [0, 0.1) is 0 Å². The van der Waals surface area contributed by atoms with Gasteiger partial charge in [-0.3, -0.25) is 0 Å². The van der Waals surface area contributed by atoms with E-state index in [1.807, 2.05) is 45.8 Å². The molecule has 0 aliphatic carbocycles. The minimum atomic E-state index is -3.76. The average molecular weight is 497 g/mol. The number of hydrogen-bond acceptors (Lipinski definition) is 6. The van der Waals surface area contributed by atoms with Crippen LogP contribution in [0.4, 0.5) is 0 Å². The van der Waals surface area contributed by atoms with Crippen LogP contribution in [-0.2, 0) is 20.0 Å². The van der Waals surface area contributed by atoms with Crippen LogP contribution in [0.15, 0.2) is 105 Å². The standard InChI is InChI=1S/C22H20N6O4S2/c23-33(29,30)21-9-5-17(6-10-21)27-13-1-3-19(27)15-25-26-16-20-4-2-14-28(20)18-7-11-22(12-8-18)34(24,31)32/h1-16H,(H2,23,29,30)(H2,24,31,32)/b25-15+,26-16+. The maximum atomic E-state index is 11.4. The van der Waals surface area contributed by atoms with E-state index in [1.54, 1.807) is 36.7 Å². The molecule has 4 N–H and O–H groups in total. The van der Waals surface area contributed by atoms with Crippen molar-refractivity contribution in [3.63, 3.8) is 0 Å². The van der Waals surface area contributed by atoms with Gasteiger partial charge in [0.2, 0.25) is 20.0 Å². The molecule has 0 saturated heterocycles. The Bertz CT molecular complexity index is 1460. The molecule has 4 rings (SSSR count). The van der Waals surface area contributed by atoms with Crippen molar-refractivity contribution in [3.8, 4) is 11.4 Å². The number of hydrogen-bond donors (Lipinski definition) is 2. The fraction of sp³-hybridized carbons (Fsp3) is 0. The van der Waals surface area contributed by atoms with Gasteiger partial charge >= 0.3 is 0 Å². The molecule has 0 spiro atoms. The number of rotatable bonds is 7. The maximum absolute atomic E-state index is 11.4. The van der Waals surface area contributed by atoms with E-state index in [0.717, 1.165) is 22.8 Å². The highest BCUT2D eigenvalue weighted by molar-refractivity contribution is 7.89. The summed E-state index contributed by atoms with van der Waals surface area (Å²) in [5.74, 6) is 0. The summed E-state index contributed by atoms with van der Waals surface area (Å²) in [5.41, 5.74) is 2.93. The van der Waals surface area contributed by atoms with Crippen molar-refractivity contribution in [3.05, 3.63) is 96.6 Å². The van der Waals surface area contributed by atoms with Crippen molar-refractivity contribution in [2.75, 3.05) is 0 Å². The molecule has 34 heavy (non-hydrogen) atoms. The zero-order chi connectivity index (χ0) is 24.3. The summed E-state index contributed by atoms with van der Waals surface area (Å²) in [5, 5.41) is 18.5. The number of benzene rings is 2. The Balaban J connectivity index is 1.51. The molecule has 174 valence electrons. The fourth-order valence-corrected chi connectivity index (χ4v) is 4.28. The highest BCUT2D eigenvalue weighted by Gasteiger charge is 2.09. The maximum Gasteiger partial charge on any atom is 0.238 e. The zero-order valence-electron chi connectivity index (χ0n) is 17.6. The van der Waals surface area contributed by atoms with E-state index in [9.17, 15) is 16.8 Å². The SMILES string of the molecule is NS(=O)(=O)c1ccc(-n2cccc2/C=N/N=C/c2cccn2-c2ccc(S(N)(=O)=O)cc2)cc1. The highest BCUT2D eigenvalue weighted by Crippen LogP contribution is 2.16. The van der Waals surface area contributed by atoms with Gasteiger partial charge in [-0.15, -0.1) is 0 Å². The molecule has 0 fully saturated rings. The summed E-state index contributed by atoms with van der Waals surface area (Å²) in [6, 6.07) is 19.7. The molecule has 0 unspecified atom stereocenters. The molecule has 0 amide bonds. The summed E-state index contributed by atoms with van der Waals surface area (Å²) in [6.07, 6.45) is 6.76. The molecular formula is C22H20N6O4S2. The van der Waals surface area contributed by atoms with Crippen LogP contribution in [0.5, 0.6) is 0 Å². The Morgan fingerprint density at radius 2 is 0.941 bits per heavy atom. The molecule has 0 radical (unpaired) electrons. The average Bonchev–Trinajstić information content (AvgIpc) is 3.45. The molecule has 4 aromatic rings. The van der Waals surface area contributed by atoms with Crippen LogP contribution in [-0.4, -0.2) is 38.4 Å². The van der Waals surface area contributed by atoms with Crippen LogP contribution < -0.4 is 10.3 Å². The second-order valence-electron chi connectivity index (χ2n) is 7.17. The second kappa shape index (κ2) is 9.19. The molecule has 12 heteroatoms. The predicted octanol–water partition coefficient (Wildman–Crippen LogP) is 2.02. The van der Waals surface area contributed by atoms with Crippen LogP contribution in [0.3, 0.4) is 0 Å². The van der Waals surface area contributed by atoms with Gasteiger partial charge in [-0.25, -0.2) is 27.1 Å². The van der Waals surface area contributed by atoms with Gasteiger partial charge in [0.25, 0.3) is 0 Å². The van der Waals surface area contributed by atoms with Crippen LogP contribution in [0.25, 0.3) is 11.4 Å². The first-order valence-corrected chi connectivity index (χ1v) is 12.9. The summed E-state index contributed by atoms with van der Waals surface area (Å²) in [4.78, 5) is 0.0658. The van der Waals surface area contributed by atoms with E-state index >= 15 is 0 Å². The Hall–Kier alpha value is -3.84. The number of primary sulfonamides is 2. The molecule has 0 saturated carbocycles. The first-order valence-electron chi connectivity index (χ1n) is 9.80. The number of sulfonamides is 2. The third-order valence-corrected chi connectivity index (χ3v) is 6.75. The van der Waals surface area contributed by atoms with E-state index in [4.69, 9.17) is 10.3 Å². The normalized spacial score (nSPS) is 12.6. The topological polar surface area (TPSA) is 155 Å². The Morgan fingerprint density at radius 3 is 1.26 bits per heavy atom. The van der Waals surface area contributed by atoms with E-state index in [0.29, 0.717) is 0 Å². The summed E-state index contributed by atoms with van der Waals surface area (Å²) >= 11 is 0. The van der Waals surface area contributed by atoms with Crippen molar-refractivity contribution < 1.29 is 16.8 Å². The smallest absolute Gasteiger partial charge is 0.238 e. The first kappa shape index (κ1) is 23.3. The van der Waals surface area contributed by atoms with Crippen LogP contribution in [0.1, 0.15) is 11.4 Å². The monoisotopic (exact) mass is 496 g/mol. The van der Waals surface area contributed by atoms with Gasteiger partial charge in [-0.05, 0) is 72.8 Å². The summed E-state index contributed by atoms with van der Waals surface area (Å²) < 4.78 is 49.4. The molecule has 0 bridgehead atoms. The predicted molar refractivity (Wildman–Crippen MR) is 129 cm³/mol. The molecule has 2 aromatic carbocycles. The van der Waals surface area contributed by atoms with E-state index < -0.39 is 20.0 Å². The lowest BCUT2D eigenvalue weighted by atomic mass is 10.3. The van der Waals surface area contributed by atoms with Crippen molar-refractivity contribution in [2.45, 2.75) is 9.79 Å². The Morgan fingerprint density at radius 1 is 0.588 bits per heavy atom. The lowest BCUT2D eigenvalue weighted by Crippen LogP contribution is -2.12. The highest BCUT2D eigenvalue weighted by atomic mass is 32.2. The molecule has 2 heterocycles. The third kappa shape index (κ3) is 5.21. The summed E-state index contributed by atoms with van der Waals surface area (Å²) in [6.45, 7) is 0. The van der Waals surface area contributed by atoms with Gasteiger partial charge in [0.1, 0.15) is 0 Å². The van der Waals surface area contributed by atoms with E-state index in [-0.39, 0.29) is 9.79 Å². The third-order valence-electron chi connectivity index (χ3n) is 4.89. The van der Waals surface area contributed by atoms with Gasteiger partial charge in [0, 0.05) is 23.8 Å². The van der Waals surface area contributed by atoms with Crippen molar-refractivity contribution >= 4 is 32.5 Å². The number of nitrogens with two attached hydrogens (primary N) is 2. The molecular weight excluding hydrogens is 476 g/mol. The van der Waals surface area contributed by atoms with Crippen molar-refractivity contribution in [2.24, 2.45) is 20.5 Å². The molecule has 0 atom stereocenters. The van der Waals surface area contributed by atoms with Crippen molar-refractivity contribution in [1.82, 2.24) is 9.13 Å². The lowest BCUT2D eigenvalue weighted by molar-refractivity contribution is 0.596. The first-order chi connectivity index (χ1) is 16.1. The van der Waals surface area contributed by atoms with Gasteiger partial charge < -0.3 is 9.13 Å². The minimum Gasteiger partial charge on any atom is -0.316 e. The Kier molecular flexibility index (Phi) is 6.30. The second-order valence-corrected chi connectivity index (χ2v) is 10.3. The molecule has 0 aliphatic rings. The van der Waals surface area contributed by atoms with Crippen LogP contribution in [0.2, 0.25) is 0 Å². The van der Waals surface area contributed by atoms with Gasteiger partial charge in [-0.2, -0.15) is 10.2 Å². The van der Waals surface area contributed by atoms with E-state index in [1.165, 1.54) is 24.3 Å². The van der Waals surface area contributed by atoms with Crippen LogP contribution >= 0.6 is 0 Å². The Labute approximate surface area is 196 Å². The quantitative estimate of drug-likeness (QED) is 0.297. The lowest BCUT2D eigenvalue weighted by Gasteiger charge is -2.07. The van der Waals surface area contributed by atoms with Gasteiger partial charge in [0.15, 0.2) is 0 Å².